The first-order valence-corrected chi connectivity index (χ1v) is 8.69. The minimum Gasteiger partial charge on any atom is -0.334 e. The molecule has 5 heteroatoms. The molecule has 1 saturated heterocycles. The van der Waals surface area contributed by atoms with E-state index in [1.165, 1.54) is 17.8 Å². The number of pyridine rings is 1. The summed E-state index contributed by atoms with van der Waals surface area (Å²) in [5.41, 5.74) is 1.31. The predicted molar refractivity (Wildman–Crippen MR) is 91.9 cm³/mol. The molecule has 0 radical (unpaired) electrons. The van der Waals surface area contributed by atoms with Crippen LogP contribution in [0.25, 0.3) is 0 Å². The second-order valence-corrected chi connectivity index (χ2v) is 6.30. The molecule has 0 saturated carbocycles. The Balaban J connectivity index is 1.53. The molecule has 0 amide bonds. The molecule has 23 heavy (non-hydrogen) atoms. The van der Waals surface area contributed by atoms with E-state index in [1.807, 2.05) is 24.7 Å². The largest absolute Gasteiger partial charge is 0.334 e. The van der Waals surface area contributed by atoms with E-state index >= 15 is 0 Å². The van der Waals surface area contributed by atoms with Crippen molar-refractivity contribution >= 4 is 0 Å². The summed E-state index contributed by atoms with van der Waals surface area (Å²) in [6, 6.07) is 4.18. The van der Waals surface area contributed by atoms with E-state index in [-0.39, 0.29) is 0 Å². The van der Waals surface area contributed by atoms with Gasteiger partial charge in [0.05, 0.1) is 6.54 Å². The van der Waals surface area contributed by atoms with Gasteiger partial charge in [0.15, 0.2) is 0 Å². The second-order valence-electron chi connectivity index (χ2n) is 6.30. The average molecular weight is 313 g/mol. The summed E-state index contributed by atoms with van der Waals surface area (Å²) in [6.45, 7) is 9.79. The van der Waals surface area contributed by atoms with Gasteiger partial charge in [-0.25, -0.2) is 4.98 Å². The third kappa shape index (κ3) is 4.62. The van der Waals surface area contributed by atoms with E-state index in [1.54, 1.807) is 0 Å². The zero-order valence-corrected chi connectivity index (χ0v) is 14.1. The zero-order chi connectivity index (χ0) is 15.9. The Morgan fingerprint density at radius 2 is 1.87 bits per heavy atom. The number of hydrogen-bond donors (Lipinski definition) is 0. The smallest absolute Gasteiger partial charge is 0.122 e. The molecule has 0 atom stereocenters. The normalized spacial score (nSPS) is 17.3. The highest BCUT2D eigenvalue weighted by Crippen LogP contribution is 2.11. The molecule has 0 unspecified atom stereocenters. The van der Waals surface area contributed by atoms with Crippen molar-refractivity contribution in [2.75, 3.05) is 26.2 Å². The van der Waals surface area contributed by atoms with Gasteiger partial charge >= 0.3 is 0 Å². The highest BCUT2D eigenvalue weighted by atomic mass is 15.2. The molecular formula is C18H27N5. The highest BCUT2D eigenvalue weighted by molar-refractivity contribution is 5.08. The Kier molecular flexibility index (Phi) is 5.77. The van der Waals surface area contributed by atoms with Crippen LogP contribution >= 0.6 is 0 Å². The molecule has 3 heterocycles. The van der Waals surface area contributed by atoms with Crippen molar-refractivity contribution in [1.82, 2.24) is 24.3 Å². The van der Waals surface area contributed by atoms with E-state index in [4.69, 9.17) is 0 Å². The molecule has 124 valence electrons. The summed E-state index contributed by atoms with van der Waals surface area (Å²) in [4.78, 5) is 13.8. The Morgan fingerprint density at radius 3 is 2.61 bits per heavy atom. The maximum atomic E-state index is 4.55. The average Bonchev–Trinajstić information content (AvgIpc) is 2.88. The summed E-state index contributed by atoms with van der Waals surface area (Å²) in [5, 5.41) is 0. The van der Waals surface area contributed by atoms with Crippen LogP contribution in [-0.2, 0) is 19.6 Å². The lowest BCUT2D eigenvalue weighted by atomic mass is 10.2. The van der Waals surface area contributed by atoms with Crippen LogP contribution in [0, 0.1) is 0 Å². The molecule has 2 aromatic rings. The number of aromatic nitrogens is 3. The Labute approximate surface area is 139 Å². The highest BCUT2D eigenvalue weighted by Gasteiger charge is 2.16. The minimum atomic E-state index is 0.966. The summed E-state index contributed by atoms with van der Waals surface area (Å²) in [5.74, 6) is 1.20. The molecule has 0 aromatic carbocycles. The van der Waals surface area contributed by atoms with Gasteiger partial charge in [-0.15, -0.1) is 0 Å². The van der Waals surface area contributed by atoms with Gasteiger partial charge in [-0.2, -0.15) is 0 Å². The Hall–Kier alpha value is -1.72. The van der Waals surface area contributed by atoms with Gasteiger partial charge in [-0.05, 0) is 37.6 Å². The summed E-state index contributed by atoms with van der Waals surface area (Å²) < 4.78 is 2.29. The number of imidazole rings is 1. The van der Waals surface area contributed by atoms with Crippen molar-refractivity contribution < 1.29 is 0 Å². The fourth-order valence-corrected chi connectivity index (χ4v) is 3.23. The van der Waals surface area contributed by atoms with E-state index in [0.29, 0.717) is 0 Å². The van der Waals surface area contributed by atoms with Gasteiger partial charge in [0.25, 0.3) is 0 Å². The van der Waals surface area contributed by atoms with Gasteiger partial charge in [0.1, 0.15) is 5.82 Å². The van der Waals surface area contributed by atoms with Crippen LogP contribution in [0.4, 0.5) is 0 Å². The van der Waals surface area contributed by atoms with Crippen molar-refractivity contribution in [3.63, 3.8) is 0 Å². The molecular weight excluding hydrogens is 286 g/mol. The monoisotopic (exact) mass is 313 g/mol. The van der Waals surface area contributed by atoms with Crippen molar-refractivity contribution in [2.24, 2.45) is 0 Å². The fourth-order valence-electron chi connectivity index (χ4n) is 3.23. The molecule has 0 spiro atoms. The van der Waals surface area contributed by atoms with Crippen LogP contribution in [-0.4, -0.2) is 50.5 Å². The van der Waals surface area contributed by atoms with Gasteiger partial charge in [-0.3, -0.25) is 14.8 Å². The number of hydrogen-bond acceptors (Lipinski definition) is 4. The van der Waals surface area contributed by atoms with Gasteiger partial charge in [0.2, 0.25) is 0 Å². The lowest BCUT2D eigenvalue weighted by Crippen LogP contribution is -2.31. The lowest BCUT2D eigenvalue weighted by Gasteiger charge is -2.22. The third-order valence-electron chi connectivity index (χ3n) is 4.44. The molecule has 2 aromatic heterocycles. The van der Waals surface area contributed by atoms with Gasteiger partial charge < -0.3 is 4.57 Å². The first-order chi connectivity index (χ1) is 11.3. The van der Waals surface area contributed by atoms with Crippen LogP contribution in [0.5, 0.6) is 0 Å². The van der Waals surface area contributed by atoms with Crippen molar-refractivity contribution in [3.8, 4) is 0 Å². The van der Waals surface area contributed by atoms with Crippen LogP contribution in [0.3, 0.4) is 0 Å². The number of nitrogens with zero attached hydrogens (tertiary/aromatic N) is 5. The van der Waals surface area contributed by atoms with E-state index in [0.717, 1.165) is 52.2 Å². The van der Waals surface area contributed by atoms with Crippen LogP contribution in [0.1, 0.15) is 31.2 Å². The first kappa shape index (κ1) is 16.1. The van der Waals surface area contributed by atoms with Crippen molar-refractivity contribution in [3.05, 3.63) is 48.3 Å². The Bertz CT molecular complexity index is 580. The number of aryl methyl sites for hydroxylation is 1. The molecule has 0 aliphatic carbocycles. The summed E-state index contributed by atoms with van der Waals surface area (Å²) >= 11 is 0. The van der Waals surface area contributed by atoms with Gasteiger partial charge in [0, 0.05) is 51.0 Å². The van der Waals surface area contributed by atoms with Crippen LogP contribution < -0.4 is 0 Å². The van der Waals surface area contributed by atoms with E-state index < -0.39 is 0 Å². The summed E-state index contributed by atoms with van der Waals surface area (Å²) in [7, 11) is 0. The molecule has 1 aliphatic rings. The standard InChI is InChI=1S/C18H27N5/c1-2-8-23-11-7-20-18(23)16-22-10-4-9-21(12-13-22)15-17-5-3-6-19-14-17/h3,5-7,11,14H,2,4,8-10,12-13,15-16H2,1H3. The second kappa shape index (κ2) is 8.22. The minimum absolute atomic E-state index is 0.966. The molecule has 1 aliphatic heterocycles. The number of rotatable bonds is 6. The molecule has 3 rings (SSSR count). The quantitative estimate of drug-likeness (QED) is 0.821. The van der Waals surface area contributed by atoms with Crippen LogP contribution in [0.2, 0.25) is 0 Å². The molecule has 5 nitrogen and oxygen atoms in total. The topological polar surface area (TPSA) is 37.2 Å². The predicted octanol–water partition coefficient (Wildman–Crippen LogP) is 2.40. The van der Waals surface area contributed by atoms with E-state index in [9.17, 15) is 0 Å². The first-order valence-electron chi connectivity index (χ1n) is 8.69. The molecule has 0 N–H and O–H groups in total. The van der Waals surface area contributed by atoms with E-state index in [2.05, 4.69) is 43.5 Å². The lowest BCUT2D eigenvalue weighted by molar-refractivity contribution is 0.241. The van der Waals surface area contributed by atoms with Crippen LogP contribution in [0.15, 0.2) is 36.9 Å². The SMILES string of the molecule is CCCn1ccnc1CN1CCCN(Cc2cccnc2)CC1. The third-order valence-corrected chi connectivity index (χ3v) is 4.44. The van der Waals surface area contributed by atoms with Crippen molar-refractivity contribution in [2.45, 2.75) is 39.4 Å². The maximum Gasteiger partial charge on any atom is 0.122 e. The molecule has 1 fully saturated rings. The Morgan fingerprint density at radius 1 is 1.04 bits per heavy atom. The summed E-state index contributed by atoms with van der Waals surface area (Å²) in [6.07, 6.45) is 10.2. The molecule has 0 bridgehead atoms. The van der Waals surface area contributed by atoms with Gasteiger partial charge in [-0.1, -0.05) is 13.0 Å². The maximum absolute atomic E-state index is 4.55. The zero-order valence-electron chi connectivity index (χ0n) is 14.1. The van der Waals surface area contributed by atoms with Crippen molar-refractivity contribution in [1.29, 1.82) is 0 Å². The fraction of sp³-hybridized carbons (Fsp3) is 0.556.